The molecule has 0 radical (unpaired) electrons. The van der Waals surface area contributed by atoms with E-state index in [1.165, 1.54) is 7.11 Å². The maximum absolute atomic E-state index is 14.3. The number of carbonyl (C=O) groups is 1. The summed E-state index contributed by atoms with van der Waals surface area (Å²) in [4.78, 5) is 12.2. The molecular formula is C22H27NO6. The van der Waals surface area contributed by atoms with Gasteiger partial charge in [0.2, 0.25) is 11.5 Å². The third-order valence-electron chi connectivity index (χ3n) is 8.48. The summed E-state index contributed by atoms with van der Waals surface area (Å²) in [6, 6.07) is -0.0599. The number of rotatable bonds is 3. The Morgan fingerprint density at radius 1 is 1.41 bits per heavy atom. The lowest BCUT2D eigenvalue weighted by molar-refractivity contribution is -0.931. The van der Waals surface area contributed by atoms with E-state index in [4.69, 9.17) is 18.9 Å². The molecule has 156 valence electrons. The molecule has 6 aliphatic rings. The summed E-state index contributed by atoms with van der Waals surface area (Å²) >= 11 is 0. The van der Waals surface area contributed by atoms with Gasteiger partial charge in [-0.2, -0.15) is 0 Å². The van der Waals surface area contributed by atoms with E-state index in [0.717, 1.165) is 19.3 Å². The maximum Gasteiger partial charge on any atom is 0.343 e. The van der Waals surface area contributed by atoms with Crippen molar-refractivity contribution in [3.05, 3.63) is 40.2 Å². The van der Waals surface area contributed by atoms with E-state index >= 15 is 0 Å². The van der Waals surface area contributed by atoms with E-state index in [2.05, 4.69) is 26.0 Å². The molecule has 5 bridgehead atoms. The summed E-state index contributed by atoms with van der Waals surface area (Å²) in [6.45, 7) is 6.47. The van der Waals surface area contributed by atoms with Gasteiger partial charge in [-0.15, -0.1) is 0 Å². The lowest BCUT2D eigenvalue weighted by Gasteiger charge is -2.56. The molecule has 6 heterocycles. The quantitative estimate of drug-likeness (QED) is 0.313. The molecule has 0 aromatic rings. The molecule has 6 aliphatic heterocycles. The first kappa shape index (κ1) is 18.0. The van der Waals surface area contributed by atoms with Crippen molar-refractivity contribution in [1.29, 1.82) is 0 Å². The highest BCUT2D eigenvalue weighted by Gasteiger charge is 2.89. The molecule has 1 unspecified atom stereocenters. The number of allylic oxidation sites excluding steroid dienone is 2. The molecule has 0 N–H and O–H groups in total. The molecule has 0 aromatic carbocycles. The fourth-order valence-corrected chi connectivity index (χ4v) is 7.53. The number of esters is 1. The number of hydrogen-bond donors (Lipinski definition) is 0. The second kappa shape index (κ2) is 5.25. The number of ether oxygens (including phenoxy) is 4. The zero-order chi connectivity index (χ0) is 20.3. The van der Waals surface area contributed by atoms with E-state index in [1.54, 1.807) is 6.92 Å². The van der Waals surface area contributed by atoms with Gasteiger partial charge in [0.15, 0.2) is 11.3 Å². The first-order valence-corrected chi connectivity index (χ1v) is 10.7. The van der Waals surface area contributed by atoms with Gasteiger partial charge in [-0.1, -0.05) is 19.9 Å². The molecule has 0 amide bonds. The molecule has 0 aliphatic carbocycles. The summed E-state index contributed by atoms with van der Waals surface area (Å²) in [5.41, 5.74) is -0.105. The zero-order valence-electron chi connectivity index (χ0n) is 17.3. The molecule has 7 nitrogen and oxygen atoms in total. The Balaban J connectivity index is 1.52. The van der Waals surface area contributed by atoms with Gasteiger partial charge in [0.1, 0.15) is 17.9 Å². The van der Waals surface area contributed by atoms with Crippen molar-refractivity contribution in [2.75, 3.05) is 13.7 Å². The van der Waals surface area contributed by atoms with Crippen LogP contribution >= 0.6 is 0 Å². The number of cyclic esters (lactones) is 1. The van der Waals surface area contributed by atoms with Crippen LogP contribution in [0, 0.1) is 23.0 Å². The molecule has 5 fully saturated rings. The fraction of sp³-hybridized carbons (Fsp3) is 0.682. The summed E-state index contributed by atoms with van der Waals surface area (Å²) in [5.74, 6) is 0.0336. The Kier molecular flexibility index (Phi) is 3.26. The highest BCUT2D eigenvalue weighted by Crippen LogP contribution is 2.75. The van der Waals surface area contributed by atoms with Crippen molar-refractivity contribution >= 4 is 5.97 Å². The van der Waals surface area contributed by atoms with Gasteiger partial charge >= 0.3 is 5.97 Å². The summed E-state index contributed by atoms with van der Waals surface area (Å²) < 4.78 is 24.1. The van der Waals surface area contributed by atoms with Crippen molar-refractivity contribution in [1.82, 2.24) is 0 Å². The van der Waals surface area contributed by atoms with Gasteiger partial charge in [0.05, 0.1) is 31.1 Å². The van der Waals surface area contributed by atoms with E-state index in [0.29, 0.717) is 29.4 Å². The van der Waals surface area contributed by atoms with Gasteiger partial charge in [-0.3, -0.25) is 0 Å². The van der Waals surface area contributed by atoms with Crippen molar-refractivity contribution in [3.8, 4) is 0 Å². The topological polar surface area (TPSA) is 77.1 Å². The Morgan fingerprint density at radius 3 is 2.93 bits per heavy atom. The van der Waals surface area contributed by atoms with Crippen LogP contribution in [0.5, 0.6) is 0 Å². The van der Waals surface area contributed by atoms with Crippen LogP contribution in [0.3, 0.4) is 0 Å². The Bertz CT molecular complexity index is 922. The minimum Gasteiger partial charge on any atom is -0.632 e. The molecular weight excluding hydrogens is 374 g/mol. The predicted octanol–water partition coefficient (Wildman–Crippen LogP) is 2.88. The second-order valence-electron chi connectivity index (χ2n) is 9.35. The van der Waals surface area contributed by atoms with E-state index in [9.17, 15) is 10.0 Å². The van der Waals surface area contributed by atoms with Crippen LogP contribution in [0.4, 0.5) is 0 Å². The first-order chi connectivity index (χ1) is 13.9. The largest absolute Gasteiger partial charge is 0.632 e. The number of nitrogens with zero attached hydrogens (tertiary/aromatic N) is 1. The molecule has 29 heavy (non-hydrogen) atoms. The molecule has 6 rings (SSSR count). The van der Waals surface area contributed by atoms with Crippen LogP contribution in [-0.2, 0) is 23.7 Å². The fourth-order valence-electron chi connectivity index (χ4n) is 7.53. The predicted molar refractivity (Wildman–Crippen MR) is 101 cm³/mol. The molecule has 5 saturated heterocycles. The normalized spacial score (nSPS) is 54.0. The van der Waals surface area contributed by atoms with Crippen molar-refractivity contribution in [2.24, 2.45) is 17.8 Å². The van der Waals surface area contributed by atoms with E-state index < -0.39 is 17.3 Å². The molecule has 1 spiro atoms. The number of quaternary nitrogens is 1. The highest BCUT2D eigenvalue weighted by molar-refractivity contribution is 5.93. The minimum atomic E-state index is -0.808. The number of hydrogen-bond acceptors (Lipinski definition) is 6. The number of fused-ring (bicyclic) bond motifs is 1. The van der Waals surface area contributed by atoms with Gasteiger partial charge < -0.3 is 28.8 Å². The first-order valence-electron chi connectivity index (χ1n) is 10.7. The van der Waals surface area contributed by atoms with Crippen LogP contribution in [0.25, 0.3) is 0 Å². The van der Waals surface area contributed by atoms with Gasteiger partial charge in [-0.05, 0) is 19.4 Å². The van der Waals surface area contributed by atoms with E-state index in [-0.39, 0.29) is 34.5 Å². The Morgan fingerprint density at radius 2 is 2.21 bits per heavy atom. The molecule has 0 aromatic heterocycles. The second-order valence-corrected chi connectivity index (χ2v) is 9.35. The molecule has 8 atom stereocenters. The monoisotopic (exact) mass is 401 g/mol. The summed E-state index contributed by atoms with van der Waals surface area (Å²) in [7, 11) is 1.53. The average Bonchev–Trinajstić information content (AvgIpc) is 3.37. The van der Waals surface area contributed by atoms with Gasteiger partial charge in [-0.25, -0.2) is 4.79 Å². The average molecular weight is 401 g/mol. The van der Waals surface area contributed by atoms with E-state index in [1.807, 2.05) is 0 Å². The van der Waals surface area contributed by atoms with Crippen molar-refractivity contribution in [2.45, 2.75) is 63.5 Å². The highest BCUT2D eigenvalue weighted by atomic mass is 16.7. The number of hydroxylamine groups is 3. The van der Waals surface area contributed by atoms with Crippen molar-refractivity contribution < 1.29 is 28.4 Å². The lowest BCUT2D eigenvalue weighted by atomic mass is 9.70. The van der Waals surface area contributed by atoms with Crippen LogP contribution in [0.15, 0.2) is 35.0 Å². The summed E-state index contributed by atoms with van der Waals surface area (Å²) in [5, 5.41) is 14.3. The lowest BCUT2D eigenvalue weighted by Crippen LogP contribution is -2.68. The maximum atomic E-state index is 14.3. The number of piperidine rings is 1. The van der Waals surface area contributed by atoms with Crippen LogP contribution in [-0.4, -0.2) is 47.7 Å². The minimum absolute atomic E-state index is 0.0118. The van der Waals surface area contributed by atoms with Crippen LogP contribution in [0.2, 0.25) is 0 Å². The van der Waals surface area contributed by atoms with Crippen LogP contribution in [0.1, 0.15) is 40.0 Å². The molecule has 0 saturated carbocycles. The Labute approximate surface area is 170 Å². The van der Waals surface area contributed by atoms with Crippen molar-refractivity contribution in [3.63, 3.8) is 0 Å². The number of methoxy groups -OCH3 is 1. The standard InChI is InChI=1S/C22H27NO6/c1-5-6-8-21-14-7-9-23(21,25)13-10-15(21)28-22(14)16(13)11(2)18(29-22)19-17(26-4)12(3)20(24)27-19/h6,8,11,13-16H,5,7,9-10H2,1-4H3/b8-6+,19-18+/t11-,13+,14+,15-,16+,21+,22+,23?/m0/s1. The smallest absolute Gasteiger partial charge is 0.343 e. The third kappa shape index (κ3) is 1.65. The zero-order valence-corrected chi connectivity index (χ0v) is 17.3. The SMILES string of the molecule is CC/C=C/[C@]12[C@@H]3C[C@@H]4[C@H]5[C@H](C)/C(=C6\OC(=O)C(C)=C6OC)O[C@]5(O3)[C@@H]1CC[N+]42[O-]. The number of carbonyl (C=O) groups excluding carboxylic acids is 1. The van der Waals surface area contributed by atoms with Gasteiger partial charge in [0, 0.05) is 18.8 Å². The summed E-state index contributed by atoms with van der Waals surface area (Å²) in [6.07, 6.45) is 6.61. The molecule has 7 heteroatoms. The Hall–Kier alpha value is -1.83. The van der Waals surface area contributed by atoms with Crippen LogP contribution < -0.4 is 0 Å². The third-order valence-corrected chi connectivity index (χ3v) is 8.48. The van der Waals surface area contributed by atoms with Gasteiger partial charge in [0.25, 0.3) is 0 Å².